The summed E-state index contributed by atoms with van der Waals surface area (Å²) in [5.41, 5.74) is 9.59. The van der Waals surface area contributed by atoms with Crippen LogP contribution in [0.4, 0.5) is 0 Å². The van der Waals surface area contributed by atoms with E-state index in [0.29, 0.717) is 5.92 Å². The molecule has 0 unspecified atom stereocenters. The Morgan fingerprint density at radius 2 is 1.08 bits per heavy atom. The summed E-state index contributed by atoms with van der Waals surface area (Å²) >= 11 is 1.36. The minimum absolute atomic E-state index is 0. The third kappa shape index (κ3) is 7.82. The second-order valence-corrected chi connectivity index (χ2v) is 12.7. The van der Waals surface area contributed by atoms with Gasteiger partial charge in [-0.15, -0.1) is 68.6 Å². The van der Waals surface area contributed by atoms with Crippen LogP contribution in [0.5, 0.6) is 0 Å². The van der Waals surface area contributed by atoms with Gasteiger partial charge in [-0.2, -0.15) is 12.1 Å². The maximum absolute atomic E-state index is 3.06. The molecule has 0 aromatic heterocycles. The molecule has 8 rings (SSSR count). The van der Waals surface area contributed by atoms with Gasteiger partial charge in [-0.1, -0.05) is 149 Å². The molecule has 2 heteroatoms. The Morgan fingerprint density at radius 1 is 0.571 bits per heavy atom. The standard InChI is InChI=1S/C23H21.C22H19.2CH3.Si.Zr/c1-3-7-17-12-13-21(23-15-16(2)14-22(17)23)20-11-6-9-18-8-4-5-10-19(18)20;1-15(2)18-13-17-9-6-12-21(22(17)14-18)20-11-5-8-16-7-3-4-10-19(16)20;;;;/h4-6,8-15H,3,7H2,1-2H3;3-15H,1-2H3;2*1H3;;/q4*-1;;. The third-order valence-corrected chi connectivity index (χ3v) is 9.24. The van der Waals surface area contributed by atoms with E-state index in [4.69, 9.17) is 0 Å². The average molecular weight is 730 g/mol. The Balaban J connectivity index is 0.000000203. The van der Waals surface area contributed by atoms with Crippen molar-refractivity contribution in [3.8, 4) is 22.3 Å². The van der Waals surface area contributed by atoms with E-state index in [1.54, 1.807) is 0 Å². The normalized spacial score (nSPS) is 10.6. The summed E-state index contributed by atoms with van der Waals surface area (Å²) in [6, 6.07) is 51.1. The van der Waals surface area contributed by atoms with Gasteiger partial charge in [-0.05, 0) is 38.6 Å². The molecule has 0 saturated carbocycles. The van der Waals surface area contributed by atoms with Crippen molar-refractivity contribution < 1.29 is 23.3 Å². The van der Waals surface area contributed by atoms with Gasteiger partial charge >= 0.3 is 30.2 Å². The van der Waals surface area contributed by atoms with Crippen molar-refractivity contribution in [3.63, 3.8) is 0 Å². The molecule has 49 heavy (non-hydrogen) atoms. The van der Waals surface area contributed by atoms with Crippen molar-refractivity contribution in [2.24, 2.45) is 0 Å². The van der Waals surface area contributed by atoms with Crippen LogP contribution in [0.1, 0.15) is 49.8 Å². The molecule has 0 aliphatic carbocycles. The SMILES string of the molecule is CC(C)c1cc2c(-c3cccc4ccccc34)cccc2[cH-]1.CCCc1ccc(-c2cccc3ccccc23)c2cc(C)[cH-]c12.[CH3-].[CH3-].[Si]=[Zr]. The molecular weight excluding hydrogens is 684 g/mol. The molecule has 0 aliphatic rings. The van der Waals surface area contributed by atoms with Crippen molar-refractivity contribution in [2.75, 3.05) is 0 Å². The monoisotopic (exact) mass is 728 g/mol. The molecule has 0 nitrogen and oxygen atoms in total. The van der Waals surface area contributed by atoms with Crippen LogP contribution in [-0.4, -0.2) is 6.88 Å². The van der Waals surface area contributed by atoms with Gasteiger partial charge in [0.25, 0.3) is 0 Å². The van der Waals surface area contributed by atoms with Gasteiger partial charge in [0.05, 0.1) is 0 Å². The summed E-state index contributed by atoms with van der Waals surface area (Å²) in [4.78, 5) is 0. The van der Waals surface area contributed by atoms with Crippen LogP contribution in [0, 0.1) is 21.8 Å². The summed E-state index contributed by atoms with van der Waals surface area (Å²) in [6.07, 6.45) is 2.34. The molecule has 0 saturated heterocycles. The molecule has 0 bridgehead atoms. The summed E-state index contributed by atoms with van der Waals surface area (Å²) < 4.78 is 0. The molecule has 0 N–H and O–H groups in total. The minimum atomic E-state index is 0. The summed E-state index contributed by atoms with van der Waals surface area (Å²) in [5, 5.41) is 10.8. The quantitative estimate of drug-likeness (QED) is 0.122. The summed E-state index contributed by atoms with van der Waals surface area (Å²) in [6.45, 7) is 12.0. The second kappa shape index (κ2) is 17.2. The number of rotatable bonds is 5. The van der Waals surface area contributed by atoms with Crippen LogP contribution in [-0.2, 0) is 29.8 Å². The molecule has 0 amide bonds. The predicted molar refractivity (Wildman–Crippen MR) is 216 cm³/mol. The van der Waals surface area contributed by atoms with E-state index < -0.39 is 0 Å². The van der Waals surface area contributed by atoms with E-state index in [9.17, 15) is 0 Å². The Morgan fingerprint density at radius 3 is 1.65 bits per heavy atom. The Kier molecular flexibility index (Phi) is 13.3. The van der Waals surface area contributed by atoms with Gasteiger partial charge < -0.3 is 14.9 Å². The van der Waals surface area contributed by atoms with Crippen LogP contribution >= 0.6 is 0 Å². The number of fused-ring (bicyclic) bond motifs is 4. The van der Waals surface area contributed by atoms with E-state index in [1.807, 2.05) is 0 Å². The first kappa shape index (κ1) is 38.0. The van der Waals surface area contributed by atoms with Gasteiger partial charge in [0.2, 0.25) is 0 Å². The second-order valence-electron chi connectivity index (χ2n) is 12.7. The van der Waals surface area contributed by atoms with Crippen LogP contribution in [0.25, 0.3) is 65.3 Å². The fraction of sp³-hybridized carbons (Fsp3) is 0.149. The van der Waals surface area contributed by atoms with Crippen molar-refractivity contribution in [1.82, 2.24) is 0 Å². The first-order valence-corrected chi connectivity index (χ1v) is 20.8. The fourth-order valence-corrected chi connectivity index (χ4v) is 6.97. The third-order valence-electron chi connectivity index (χ3n) is 9.24. The fourth-order valence-electron chi connectivity index (χ4n) is 6.97. The van der Waals surface area contributed by atoms with Crippen molar-refractivity contribution in [3.05, 3.63) is 171 Å². The molecule has 0 heterocycles. The van der Waals surface area contributed by atoms with Crippen LogP contribution in [0.2, 0.25) is 0 Å². The van der Waals surface area contributed by atoms with E-state index in [0.717, 1.165) is 6.42 Å². The zero-order valence-corrected chi connectivity index (χ0v) is 33.2. The molecule has 0 atom stereocenters. The number of hydrogen-bond acceptors (Lipinski definition) is 0. The van der Waals surface area contributed by atoms with Crippen LogP contribution in [0.3, 0.4) is 0 Å². The van der Waals surface area contributed by atoms with E-state index in [-0.39, 0.29) is 14.9 Å². The number of benzene rings is 6. The first-order chi connectivity index (χ1) is 23.0. The van der Waals surface area contributed by atoms with Gasteiger partial charge in [-0.25, -0.2) is 0 Å². The van der Waals surface area contributed by atoms with E-state index in [1.165, 1.54) is 112 Å². The topological polar surface area (TPSA) is 0 Å². The number of aryl methyl sites for hydroxylation is 2. The van der Waals surface area contributed by atoms with Crippen molar-refractivity contribution in [2.45, 2.75) is 46.5 Å². The van der Waals surface area contributed by atoms with E-state index in [2.05, 4.69) is 174 Å². The van der Waals surface area contributed by atoms with Gasteiger partial charge in [0.1, 0.15) is 0 Å². The van der Waals surface area contributed by atoms with Crippen LogP contribution in [0.15, 0.2) is 140 Å². The molecular formula is C47H46SiZr-4. The maximum atomic E-state index is 3.06. The molecule has 8 aromatic rings. The van der Waals surface area contributed by atoms with Crippen molar-refractivity contribution in [1.29, 1.82) is 0 Å². The Labute approximate surface area is 311 Å². The Hall–Kier alpha value is -3.84. The molecule has 8 aromatic carbocycles. The summed E-state index contributed by atoms with van der Waals surface area (Å²) in [5.74, 6) is 0.563. The average Bonchev–Trinajstić information content (AvgIpc) is 3.74. The first-order valence-electron chi connectivity index (χ1n) is 16.6. The molecule has 0 spiro atoms. The zero-order valence-electron chi connectivity index (χ0n) is 29.8. The van der Waals surface area contributed by atoms with Gasteiger partial charge in [0.15, 0.2) is 0 Å². The van der Waals surface area contributed by atoms with Gasteiger partial charge in [0, 0.05) is 0 Å². The zero-order chi connectivity index (χ0) is 32.9. The van der Waals surface area contributed by atoms with Crippen LogP contribution < -0.4 is 0 Å². The Bertz CT molecular complexity index is 2290. The summed E-state index contributed by atoms with van der Waals surface area (Å²) in [7, 11) is 0. The van der Waals surface area contributed by atoms with Gasteiger partial charge in [-0.3, -0.25) is 0 Å². The molecule has 0 fully saturated rings. The molecule has 2 radical (unpaired) electrons. The predicted octanol–water partition coefficient (Wildman–Crippen LogP) is 13.7. The molecule has 246 valence electrons. The van der Waals surface area contributed by atoms with Crippen molar-refractivity contribution >= 4 is 50.0 Å². The van der Waals surface area contributed by atoms with E-state index >= 15 is 0 Å². The number of hydrogen-bond donors (Lipinski definition) is 0. The molecule has 0 aliphatic heterocycles.